The molecule has 0 atom stereocenters. The van der Waals surface area contributed by atoms with Crippen molar-refractivity contribution < 1.29 is 23.9 Å². The molecule has 0 bridgehead atoms. The molecule has 0 aromatic heterocycles. The number of nitrogens with one attached hydrogen (secondary N) is 1. The Morgan fingerprint density at radius 3 is 2.30 bits per heavy atom. The van der Waals surface area contributed by atoms with Crippen molar-refractivity contribution >= 4 is 17.4 Å². The van der Waals surface area contributed by atoms with Crippen molar-refractivity contribution in [3.8, 4) is 5.75 Å². The van der Waals surface area contributed by atoms with Gasteiger partial charge in [0, 0.05) is 50.1 Å². The predicted octanol–water partition coefficient (Wildman–Crippen LogP) is 2.27. The van der Waals surface area contributed by atoms with Gasteiger partial charge in [0.25, 0.3) is 5.91 Å². The molecule has 3 rings (SSSR count). The minimum Gasteiger partial charge on any atom is -0.492 e. The molecule has 0 spiro atoms. The van der Waals surface area contributed by atoms with Crippen molar-refractivity contribution in [1.82, 2.24) is 10.4 Å². The molecule has 1 amide bonds. The molecule has 1 aliphatic rings. The number of nitrogens with zero attached hydrogens (tertiary/aromatic N) is 2. The molecule has 0 unspecified atom stereocenters. The van der Waals surface area contributed by atoms with Crippen LogP contribution in [-0.4, -0.2) is 61.1 Å². The normalized spacial score (nSPS) is 14.7. The van der Waals surface area contributed by atoms with E-state index in [1.807, 2.05) is 0 Å². The van der Waals surface area contributed by atoms with Crippen LogP contribution in [0.15, 0.2) is 60.7 Å². The zero-order valence-electron chi connectivity index (χ0n) is 16.5. The summed E-state index contributed by atoms with van der Waals surface area (Å²) in [4.78, 5) is 27.4. The number of piperazine rings is 1. The molecule has 0 radical (unpaired) electrons. The zero-order chi connectivity index (χ0) is 21.3. The molecule has 2 aromatic carbocycles. The van der Waals surface area contributed by atoms with Crippen LogP contribution in [0.2, 0.25) is 0 Å². The highest BCUT2D eigenvalue weighted by Crippen LogP contribution is 2.17. The van der Waals surface area contributed by atoms with Gasteiger partial charge in [0.2, 0.25) is 0 Å². The fraction of sp³-hybridized carbons (Fsp3) is 0.273. The van der Waals surface area contributed by atoms with Gasteiger partial charge in [0.1, 0.15) is 18.2 Å². The average Bonchev–Trinajstić information content (AvgIpc) is 2.78. The smallest absolute Gasteiger partial charge is 0.267 e. The minimum atomic E-state index is -0.762. The highest BCUT2D eigenvalue weighted by atomic mass is 19.1. The van der Waals surface area contributed by atoms with E-state index in [1.165, 1.54) is 17.6 Å². The van der Waals surface area contributed by atoms with Gasteiger partial charge in [-0.2, -0.15) is 0 Å². The second-order valence-corrected chi connectivity index (χ2v) is 6.85. The van der Waals surface area contributed by atoms with Gasteiger partial charge in [-0.1, -0.05) is 0 Å². The molecule has 30 heavy (non-hydrogen) atoms. The van der Waals surface area contributed by atoms with E-state index in [0.717, 1.165) is 50.6 Å². The molecule has 1 saturated heterocycles. The molecular weight excluding hydrogens is 389 g/mol. The number of ether oxygens (including phenoxy) is 1. The standard InChI is InChI=1S/C22H24FN3O4/c23-18-3-5-19(6-4-18)26-13-11-25(12-14-26)15-16-30-20-7-1-17(2-8-20)21(27)9-10-22(28)24-29/h1-10,29H,11-16H2,(H,24,28)/b10-9+. The summed E-state index contributed by atoms with van der Waals surface area (Å²) in [6.45, 7) is 4.88. The van der Waals surface area contributed by atoms with Gasteiger partial charge in [0.15, 0.2) is 5.78 Å². The van der Waals surface area contributed by atoms with Crippen LogP contribution in [0.5, 0.6) is 5.75 Å². The molecule has 1 fully saturated rings. The third-order valence-corrected chi connectivity index (χ3v) is 4.88. The lowest BCUT2D eigenvalue weighted by Crippen LogP contribution is -2.47. The van der Waals surface area contributed by atoms with Gasteiger partial charge in [-0.15, -0.1) is 0 Å². The van der Waals surface area contributed by atoms with Gasteiger partial charge in [-0.05, 0) is 54.6 Å². The molecule has 2 aromatic rings. The van der Waals surface area contributed by atoms with E-state index >= 15 is 0 Å². The van der Waals surface area contributed by atoms with Crippen molar-refractivity contribution in [3.63, 3.8) is 0 Å². The van der Waals surface area contributed by atoms with E-state index in [2.05, 4.69) is 9.80 Å². The molecule has 1 aliphatic heterocycles. The van der Waals surface area contributed by atoms with Crippen molar-refractivity contribution in [1.29, 1.82) is 0 Å². The van der Waals surface area contributed by atoms with Gasteiger partial charge >= 0.3 is 0 Å². The fourth-order valence-corrected chi connectivity index (χ4v) is 3.17. The number of amides is 1. The van der Waals surface area contributed by atoms with Crippen LogP contribution >= 0.6 is 0 Å². The monoisotopic (exact) mass is 413 g/mol. The molecule has 0 aliphatic carbocycles. The summed E-state index contributed by atoms with van der Waals surface area (Å²) in [7, 11) is 0. The Balaban J connectivity index is 1.39. The van der Waals surface area contributed by atoms with Crippen LogP contribution in [0.4, 0.5) is 10.1 Å². The van der Waals surface area contributed by atoms with E-state index in [4.69, 9.17) is 9.94 Å². The number of anilines is 1. The Morgan fingerprint density at radius 2 is 1.67 bits per heavy atom. The van der Waals surface area contributed by atoms with Gasteiger partial charge in [-0.25, -0.2) is 9.87 Å². The lowest BCUT2D eigenvalue weighted by molar-refractivity contribution is -0.124. The van der Waals surface area contributed by atoms with Crippen LogP contribution < -0.4 is 15.1 Å². The number of allylic oxidation sites excluding steroid dienone is 1. The number of hydrogen-bond donors (Lipinski definition) is 2. The number of benzene rings is 2. The summed E-state index contributed by atoms with van der Waals surface area (Å²) in [5.74, 6) is -0.669. The first-order valence-corrected chi connectivity index (χ1v) is 9.67. The largest absolute Gasteiger partial charge is 0.492 e. The minimum absolute atomic E-state index is 0.225. The van der Waals surface area contributed by atoms with E-state index in [1.54, 1.807) is 36.4 Å². The molecule has 158 valence electrons. The molecule has 0 saturated carbocycles. The lowest BCUT2D eigenvalue weighted by atomic mass is 10.1. The van der Waals surface area contributed by atoms with Gasteiger partial charge in [0.05, 0.1) is 0 Å². The number of halogens is 1. The van der Waals surface area contributed by atoms with Crippen molar-refractivity contribution in [3.05, 3.63) is 72.1 Å². The van der Waals surface area contributed by atoms with Crippen LogP contribution in [0, 0.1) is 5.82 Å². The Kier molecular flexibility index (Phi) is 7.53. The fourth-order valence-electron chi connectivity index (χ4n) is 3.17. The molecular formula is C22H24FN3O4. The third kappa shape index (κ3) is 6.13. The Morgan fingerprint density at radius 1 is 1.00 bits per heavy atom. The summed E-state index contributed by atoms with van der Waals surface area (Å²) in [6.07, 6.45) is 2.05. The Bertz CT molecular complexity index is 876. The topological polar surface area (TPSA) is 82.1 Å². The summed E-state index contributed by atoms with van der Waals surface area (Å²) in [5, 5.41) is 8.41. The summed E-state index contributed by atoms with van der Waals surface area (Å²) >= 11 is 0. The number of rotatable bonds is 8. The van der Waals surface area contributed by atoms with E-state index < -0.39 is 5.91 Å². The SMILES string of the molecule is O=C(/C=C/C(=O)c1ccc(OCCN2CCN(c3ccc(F)cc3)CC2)cc1)NO. The van der Waals surface area contributed by atoms with Gasteiger partial charge < -0.3 is 9.64 Å². The molecule has 7 nitrogen and oxygen atoms in total. The van der Waals surface area contributed by atoms with Crippen molar-refractivity contribution in [2.75, 3.05) is 44.2 Å². The Labute approximate surface area is 174 Å². The van der Waals surface area contributed by atoms with E-state index in [-0.39, 0.29) is 11.6 Å². The van der Waals surface area contributed by atoms with Crippen LogP contribution in [0.25, 0.3) is 0 Å². The number of carbonyl (C=O) groups excluding carboxylic acids is 2. The molecule has 8 heteroatoms. The molecule has 2 N–H and O–H groups in total. The van der Waals surface area contributed by atoms with Crippen LogP contribution in [-0.2, 0) is 4.79 Å². The summed E-state index contributed by atoms with van der Waals surface area (Å²) < 4.78 is 18.8. The van der Waals surface area contributed by atoms with Crippen LogP contribution in [0.1, 0.15) is 10.4 Å². The number of ketones is 1. The average molecular weight is 413 g/mol. The first-order valence-electron chi connectivity index (χ1n) is 9.67. The number of carbonyl (C=O) groups is 2. The maximum atomic E-state index is 13.1. The molecule has 1 heterocycles. The first kappa shape index (κ1) is 21.5. The second kappa shape index (κ2) is 10.5. The summed E-state index contributed by atoms with van der Waals surface area (Å²) in [6, 6.07) is 13.2. The zero-order valence-corrected chi connectivity index (χ0v) is 16.5. The van der Waals surface area contributed by atoms with E-state index in [9.17, 15) is 14.0 Å². The maximum Gasteiger partial charge on any atom is 0.267 e. The van der Waals surface area contributed by atoms with E-state index in [0.29, 0.717) is 17.9 Å². The third-order valence-electron chi connectivity index (χ3n) is 4.88. The predicted molar refractivity (Wildman–Crippen MR) is 110 cm³/mol. The number of hydroxylamine groups is 1. The van der Waals surface area contributed by atoms with Crippen LogP contribution in [0.3, 0.4) is 0 Å². The highest BCUT2D eigenvalue weighted by molar-refractivity contribution is 6.07. The van der Waals surface area contributed by atoms with Crippen molar-refractivity contribution in [2.24, 2.45) is 0 Å². The number of hydrogen-bond acceptors (Lipinski definition) is 6. The van der Waals surface area contributed by atoms with Crippen molar-refractivity contribution in [2.45, 2.75) is 0 Å². The second-order valence-electron chi connectivity index (χ2n) is 6.85. The first-order chi connectivity index (χ1) is 14.5. The maximum absolute atomic E-state index is 13.1. The van der Waals surface area contributed by atoms with Gasteiger partial charge in [-0.3, -0.25) is 19.7 Å². The lowest BCUT2D eigenvalue weighted by Gasteiger charge is -2.36. The quantitative estimate of drug-likeness (QED) is 0.299. The summed E-state index contributed by atoms with van der Waals surface area (Å²) in [5.41, 5.74) is 2.88. The highest BCUT2D eigenvalue weighted by Gasteiger charge is 2.17. The Hall–Kier alpha value is -3.23.